The summed E-state index contributed by atoms with van der Waals surface area (Å²) in [5, 5.41) is 3.54. The SMILES string of the molecule is CCOC(=O)CN(C(C)=O)C1CC2CCC(C1)N2. The molecule has 0 aromatic heterocycles. The number of ether oxygens (including phenoxy) is 1. The molecule has 5 nitrogen and oxygen atoms in total. The highest BCUT2D eigenvalue weighted by Crippen LogP contribution is 2.29. The van der Waals surface area contributed by atoms with Crippen LogP contribution >= 0.6 is 0 Å². The van der Waals surface area contributed by atoms with Gasteiger partial charge in [-0.2, -0.15) is 0 Å². The smallest absolute Gasteiger partial charge is 0.325 e. The van der Waals surface area contributed by atoms with Gasteiger partial charge in [0.25, 0.3) is 0 Å². The van der Waals surface area contributed by atoms with Crippen LogP contribution in [0.25, 0.3) is 0 Å². The highest BCUT2D eigenvalue weighted by Gasteiger charge is 2.37. The topological polar surface area (TPSA) is 58.6 Å². The summed E-state index contributed by atoms with van der Waals surface area (Å²) in [5.41, 5.74) is 0. The zero-order valence-electron chi connectivity index (χ0n) is 11.1. The Morgan fingerprint density at radius 2 is 1.89 bits per heavy atom. The first-order valence-corrected chi connectivity index (χ1v) is 6.79. The summed E-state index contributed by atoms with van der Waals surface area (Å²) in [6.45, 7) is 3.76. The highest BCUT2D eigenvalue weighted by molar-refractivity contribution is 5.80. The maximum absolute atomic E-state index is 11.7. The predicted molar refractivity (Wildman–Crippen MR) is 67.0 cm³/mol. The molecular weight excluding hydrogens is 232 g/mol. The molecule has 2 fully saturated rings. The first kappa shape index (κ1) is 13.3. The van der Waals surface area contributed by atoms with Crippen LogP contribution in [-0.4, -0.2) is 48.1 Å². The number of carbonyl (C=O) groups excluding carboxylic acids is 2. The van der Waals surface area contributed by atoms with Crippen molar-refractivity contribution in [2.45, 2.75) is 57.7 Å². The van der Waals surface area contributed by atoms with E-state index >= 15 is 0 Å². The Labute approximate surface area is 108 Å². The molecule has 0 spiro atoms. The van der Waals surface area contributed by atoms with Gasteiger partial charge in [-0.3, -0.25) is 9.59 Å². The average molecular weight is 254 g/mol. The van der Waals surface area contributed by atoms with E-state index in [9.17, 15) is 9.59 Å². The monoisotopic (exact) mass is 254 g/mol. The van der Waals surface area contributed by atoms with Crippen molar-refractivity contribution in [3.05, 3.63) is 0 Å². The van der Waals surface area contributed by atoms with Gasteiger partial charge < -0.3 is 15.0 Å². The molecule has 2 atom stereocenters. The molecule has 2 bridgehead atoms. The lowest BCUT2D eigenvalue weighted by Crippen LogP contribution is -2.51. The van der Waals surface area contributed by atoms with Gasteiger partial charge in [0.05, 0.1) is 6.61 Å². The summed E-state index contributed by atoms with van der Waals surface area (Å²) in [4.78, 5) is 24.9. The second-order valence-corrected chi connectivity index (χ2v) is 5.22. The molecule has 2 aliphatic heterocycles. The Morgan fingerprint density at radius 3 is 2.39 bits per heavy atom. The number of hydrogen-bond acceptors (Lipinski definition) is 4. The van der Waals surface area contributed by atoms with Crippen molar-refractivity contribution < 1.29 is 14.3 Å². The van der Waals surface area contributed by atoms with Crippen LogP contribution in [0.2, 0.25) is 0 Å². The van der Waals surface area contributed by atoms with E-state index in [1.54, 1.807) is 11.8 Å². The van der Waals surface area contributed by atoms with Crippen LogP contribution in [0.4, 0.5) is 0 Å². The van der Waals surface area contributed by atoms with Gasteiger partial charge in [-0.15, -0.1) is 0 Å². The Bertz CT molecular complexity index is 320. The van der Waals surface area contributed by atoms with Gasteiger partial charge in [-0.25, -0.2) is 0 Å². The summed E-state index contributed by atoms with van der Waals surface area (Å²) in [6.07, 6.45) is 4.28. The Hall–Kier alpha value is -1.10. The molecule has 102 valence electrons. The molecular formula is C13H22N2O3. The molecule has 0 aromatic carbocycles. The average Bonchev–Trinajstić information content (AvgIpc) is 2.65. The van der Waals surface area contributed by atoms with E-state index in [4.69, 9.17) is 4.74 Å². The van der Waals surface area contributed by atoms with Crippen molar-refractivity contribution >= 4 is 11.9 Å². The zero-order chi connectivity index (χ0) is 13.1. The predicted octanol–water partition coefficient (Wildman–Crippen LogP) is 0.681. The summed E-state index contributed by atoms with van der Waals surface area (Å²) in [7, 11) is 0. The minimum Gasteiger partial charge on any atom is -0.465 e. The molecule has 1 amide bonds. The van der Waals surface area contributed by atoms with E-state index < -0.39 is 0 Å². The van der Waals surface area contributed by atoms with Crippen molar-refractivity contribution in [3.63, 3.8) is 0 Å². The fourth-order valence-corrected chi connectivity index (χ4v) is 3.12. The Balaban J connectivity index is 1.97. The van der Waals surface area contributed by atoms with Gasteiger partial charge in [0.15, 0.2) is 0 Å². The largest absolute Gasteiger partial charge is 0.465 e. The third kappa shape index (κ3) is 3.02. The first-order chi connectivity index (χ1) is 8.60. The second kappa shape index (κ2) is 5.69. The van der Waals surface area contributed by atoms with E-state index in [0.717, 1.165) is 12.8 Å². The maximum Gasteiger partial charge on any atom is 0.325 e. The third-order valence-corrected chi connectivity index (χ3v) is 3.90. The van der Waals surface area contributed by atoms with Crippen LogP contribution in [0.5, 0.6) is 0 Å². The molecule has 0 aromatic rings. The molecule has 2 saturated heterocycles. The molecule has 2 heterocycles. The van der Waals surface area contributed by atoms with Gasteiger partial charge in [0, 0.05) is 25.0 Å². The number of piperidine rings is 1. The normalized spacial score (nSPS) is 30.0. The Kier molecular flexibility index (Phi) is 4.22. The van der Waals surface area contributed by atoms with Gasteiger partial charge in [-0.05, 0) is 32.6 Å². The van der Waals surface area contributed by atoms with Crippen LogP contribution in [-0.2, 0) is 14.3 Å². The van der Waals surface area contributed by atoms with Gasteiger partial charge in [-0.1, -0.05) is 0 Å². The van der Waals surface area contributed by atoms with Crippen molar-refractivity contribution in [1.29, 1.82) is 0 Å². The molecule has 1 N–H and O–H groups in total. The van der Waals surface area contributed by atoms with Gasteiger partial charge >= 0.3 is 5.97 Å². The minimum absolute atomic E-state index is 0.0330. The van der Waals surface area contributed by atoms with E-state index in [0.29, 0.717) is 18.7 Å². The molecule has 0 aliphatic carbocycles. The van der Waals surface area contributed by atoms with Crippen LogP contribution in [0.1, 0.15) is 39.5 Å². The fraction of sp³-hybridized carbons (Fsp3) is 0.846. The fourth-order valence-electron chi connectivity index (χ4n) is 3.12. The number of carbonyl (C=O) groups is 2. The molecule has 18 heavy (non-hydrogen) atoms. The molecule has 2 unspecified atom stereocenters. The number of nitrogens with one attached hydrogen (secondary N) is 1. The standard InChI is InChI=1S/C13H22N2O3/c1-3-18-13(17)8-15(9(2)16)12-6-10-4-5-11(7-12)14-10/h10-12,14H,3-8H2,1-2H3. The quantitative estimate of drug-likeness (QED) is 0.750. The molecule has 5 heteroatoms. The van der Waals surface area contributed by atoms with Crippen LogP contribution in [0, 0.1) is 0 Å². The van der Waals surface area contributed by atoms with Crippen molar-refractivity contribution in [3.8, 4) is 0 Å². The van der Waals surface area contributed by atoms with Crippen molar-refractivity contribution in [2.24, 2.45) is 0 Å². The number of nitrogens with zero attached hydrogens (tertiary/aromatic N) is 1. The highest BCUT2D eigenvalue weighted by atomic mass is 16.5. The summed E-state index contributed by atoms with van der Waals surface area (Å²) >= 11 is 0. The van der Waals surface area contributed by atoms with Gasteiger partial charge in [0.2, 0.25) is 5.91 Å². The molecule has 0 saturated carbocycles. The van der Waals surface area contributed by atoms with E-state index in [1.165, 1.54) is 19.8 Å². The third-order valence-electron chi connectivity index (χ3n) is 3.90. The van der Waals surface area contributed by atoms with E-state index in [2.05, 4.69) is 5.32 Å². The summed E-state index contributed by atoms with van der Waals surface area (Å²) < 4.78 is 4.93. The number of fused-ring (bicyclic) bond motifs is 2. The lowest BCUT2D eigenvalue weighted by atomic mass is 9.98. The van der Waals surface area contributed by atoms with Crippen LogP contribution < -0.4 is 5.32 Å². The van der Waals surface area contributed by atoms with E-state index in [1.807, 2.05) is 0 Å². The number of esters is 1. The molecule has 0 radical (unpaired) electrons. The van der Waals surface area contributed by atoms with E-state index in [-0.39, 0.29) is 24.5 Å². The molecule has 2 rings (SSSR count). The summed E-state index contributed by atoms with van der Waals surface area (Å²) in [6, 6.07) is 1.21. The maximum atomic E-state index is 11.7. The lowest BCUT2D eigenvalue weighted by Gasteiger charge is -2.36. The number of amides is 1. The zero-order valence-corrected chi connectivity index (χ0v) is 11.1. The van der Waals surface area contributed by atoms with Crippen molar-refractivity contribution in [2.75, 3.05) is 13.2 Å². The number of rotatable bonds is 4. The summed E-state index contributed by atoms with van der Waals surface area (Å²) in [5.74, 6) is -0.340. The molecule has 2 aliphatic rings. The van der Waals surface area contributed by atoms with Gasteiger partial charge in [0.1, 0.15) is 6.54 Å². The number of hydrogen-bond donors (Lipinski definition) is 1. The van der Waals surface area contributed by atoms with Crippen molar-refractivity contribution in [1.82, 2.24) is 10.2 Å². The minimum atomic E-state index is -0.307. The lowest BCUT2D eigenvalue weighted by molar-refractivity contribution is -0.150. The first-order valence-electron chi connectivity index (χ1n) is 6.79. The Morgan fingerprint density at radius 1 is 1.28 bits per heavy atom. The van der Waals surface area contributed by atoms with Crippen LogP contribution in [0.3, 0.4) is 0 Å². The second-order valence-electron chi connectivity index (χ2n) is 5.22. The van der Waals surface area contributed by atoms with Crippen LogP contribution in [0.15, 0.2) is 0 Å².